The lowest BCUT2D eigenvalue weighted by Gasteiger charge is -2.35. The Hall–Kier alpha value is -1.40. The summed E-state index contributed by atoms with van der Waals surface area (Å²) in [6.07, 6.45) is 0.0635. The molecule has 0 aromatic heterocycles. The molecule has 0 aliphatic carbocycles. The third-order valence-electron chi connectivity index (χ3n) is 4.34. The van der Waals surface area contributed by atoms with Gasteiger partial charge in [-0.2, -0.15) is 0 Å². The third kappa shape index (κ3) is 2.17. The van der Waals surface area contributed by atoms with Gasteiger partial charge in [-0.15, -0.1) is 11.8 Å². The zero-order valence-corrected chi connectivity index (χ0v) is 12.9. The van der Waals surface area contributed by atoms with Crippen LogP contribution in [-0.4, -0.2) is 24.7 Å². The predicted octanol–water partition coefficient (Wildman–Crippen LogP) is 4.46. The monoisotopic (exact) mass is 320 g/mol. The van der Waals surface area contributed by atoms with E-state index >= 15 is 0 Å². The van der Waals surface area contributed by atoms with Crippen molar-refractivity contribution in [2.24, 2.45) is 5.92 Å². The normalized spacial score (nSPS) is 26.2. The van der Waals surface area contributed by atoms with Crippen LogP contribution in [0.4, 0.5) is 8.63 Å². The van der Waals surface area contributed by atoms with Crippen LogP contribution in [0.15, 0.2) is 41.3 Å². The molecule has 0 saturated heterocycles. The molecule has 0 amide bonds. The zero-order valence-electron chi connectivity index (χ0n) is 12.1. The summed E-state index contributed by atoms with van der Waals surface area (Å²) in [5.74, 6) is 1.01. The van der Waals surface area contributed by atoms with E-state index in [0.717, 1.165) is 21.2 Å². The molecule has 2 aromatic carbocycles. The molecule has 0 radical (unpaired) electrons. The second-order valence-electron chi connectivity index (χ2n) is 5.68. The van der Waals surface area contributed by atoms with Crippen LogP contribution in [0.2, 0.25) is 0 Å². The van der Waals surface area contributed by atoms with Gasteiger partial charge in [0.2, 0.25) is 0 Å². The number of hydrogen-bond acceptors (Lipinski definition) is 2. The van der Waals surface area contributed by atoms with E-state index in [1.54, 1.807) is 11.8 Å². The van der Waals surface area contributed by atoms with Crippen LogP contribution >= 0.6 is 11.8 Å². The van der Waals surface area contributed by atoms with Crippen molar-refractivity contribution in [3.63, 3.8) is 0 Å². The molecule has 4 rings (SSSR count). The Balaban J connectivity index is 1.99. The van der Waals surface area contributed by atoms with E-state index in [4.69, 9.17) is 9.00 Å². The van der Waals surface area contributed by atoms with Crippen LogP contribution in [0.1, 0.15) is 23.3 Å². The minimum Gasteiger partial charge on any atom is -0.453 e. The second-order valence-corrected chi connectivity index (χ2v) is 6.74. The summed E-state index contributed by atoms with van der Waals surface area (Å²) >= 11 is 1.69. The molecular formula is C16H15BF2O2S. The molecule has 2 heterocycles. The summed E-state index contributed by atoms with van der Waals surface area (Å²) in [6.45, 7) is 1.88. The highest BCUT2D eigenvalue weighted by Gasteiger charge is 2.57. The Morgan fingerprint density at radius 3 is 2.91 bits per heavy atom. The first-order chi connectivity index (χ1) is 10.6. The van der Waals surface area contributed by atoms with E-state index < -0.39 is 13.2 Å². The Morgan fingerprint density at radius 2 is 2.09 bits per heavy atom. The van der Waals surface area contributed by atoms with Gasteiger partial charge in [0.05, 0.1) is 5.56 Å². The smallest absolute Gasteiger partial charge is 0.453 e. The zero-order chi connectivity index (χ0) is 15.3. The first kappa shape index (κ1) is 14.2. The van der Waals surface area contributed by atoms with Gasteiger partial charge in [0.15, 0.2) is 0 Å². The molecule has 2 atom stereocenters. The third-order valence-corrected chi connectivity index (χ3v) is 5.52. The van der Waals surface area contributed by atoms with Crippen LogP contribution in [-0.2, 0) is 4.65 Å². The van der Waals surface area contributed by atoms with Gasteiger partial charge >= 0.3 is 7.11 Å². The Bertz CT molecular complexity index is 778. The summed E-state index contributed by atoms with van der Waals surface area (Å²) in [6, 6.07) is 11.9. The number of rotatable bonds is 1. The van der Waals surface area contributed by atoms with Crippen molar-refractivity contribution in [2.75, 3.05) is 5.75 Å². The van der Waals surface area contributed by atoms with Crippen LogP contribution in [0.3, 0.4) is 0 Å². The summed E-state index contributed by atoms with van der Waals surface area (Å²) < 4.78 is 37.7. The molecule has 2 aromatic rings. The van der Waals surface area contributed by atoms with Crippen molar-refractivity contribution in [1.82, 2.24) is 0 Å². The average molecular weight is 320 g/mol. The number of thioether (sulfide) groups is 1. The number of halogens is 2. The summed E-state index contributed by atoms with van der Waals surface area (Å²) in [4.78, 5) is 1.01. The maximum atomic E-state index is 13.9. The quantitative estimate of drug-likeness (QED) is 0.571. The lowest BCUT2D eigenvalue weighted by atomic mass is 9.86. The van der Waals surface area contributed by atoms with Crippen LogP contribution in [0, 0.1) is 5.92 Å². The van der Waals surface area contributed by atoms with E-state index in [2.05, 4.69) is 0 Å². The number of carbonyl (C=O) groups excluding carboxylic acids is 1. The van der Waals surface area contributed by atoms with Gasteiger partial charge < -0.3 is 17.6 Å². The fourth-order valence-corrected chi connectivity index (χ4v) is 4.59. The largest absolute Gasteiger partial charge is 0.932 e. The Kier molecular flexibility index (Phi) is 3.27. The van der Waals surface area contributed by atoms with Gasteiger partial charge in [-0.3, -0.25) is 0 Å². The highest BCUT2D eigenvalue weighted by Crippen LogP contribution is 2.42. The average Bonchev–Trinajstić information content (AvgIpc) is 2.52. The van der Waals surface area contributed by atoms with Gasteiger partial charge in [0.25, 0.3) is 5.78 Å². The van der Waals surface area contributed by atoms with Gasteiger partial charge in [-0.25, -0.2) is 0 Å². The molecule has 6 heteroatoms. The highest BCUT2D eigenvalue weighted by molar-refractivity contribution is 7.99. The molecule has 2 unspecified atom stereocenters. The number of hydrogen-bond donors (Lipinski definition) is 0. The first-order valence-corrected chi connectivity index (χ1v) is 8.46. The maximum absolute atomic E-state index is 13.9. The maximum Gasteiger partial charge on any atom is 0.932 e. The molecule has 0 N–H and O–H groups in total. The van der Waals surface area contributed by atoms with Gasteiger partial charge in [-0.1, -0.05) is 37.3 Å². The highest BCUT2D eigenvalue weighted by atomic mass is 32.2. The molecule has 114 valence electrons. The van der Waals surface area contributed by atoms with E-state index in [-0.39, 0.29) is 5.92 Å². The lowest BCUT2D eigenvalue weighted by molar-refractivity contribution is -0.223. The van der Waals surface area contributed by atoms with Crippen molar-refractivity contribution in [3.8, 4) is 0 Å². The van der Waals surface area contributed by atoms with Crippen molar-refractivity contribution >= 4 is 35.4 Å². The SMILES string of the molecule is CCC1O[B-](F)(F)[O+]=C2c3c(ccc4ccccc34)SCC21. The summed E-state index contributed by atoms with van der Waals surface area (Å²) in [5, 5.41) is 2.00. The minimum atomic E-state index is -4.24. The van der Waals surface area contributed by atoms with Crippen molar-refractivity contribution < 1.29 is 17.6 Å². The molecule has 2 aliphatic heterocycles. The van der Waals surface area contributed by atoms with Crippen molar-refractivity contribution in [2.45, 2.75) is 24.3 Å². The second kappa shape index (κ2) is 5.06. The fraction of sp³-hybridized carbons (Fsp3) is 0.312. The van der Waals surface area contributed by atoms with Crippen molar-refractivity contribution in [3.05, 3.63) is 42.0 Å². The standard InChI is InChI=1S/C16H15BF2O2S/c1-2-13-12-9-22-14-8-7-10-5-3-4-6-11(10)15(14)16(12)21-17(18,19)20-13/h3-8,12-13H,2,9H2,1H3. The van der Waals surface area contributed by atoms with Crippen LogP contribution in [0.5, 0.6) is 0 Å². The number of benzene rings is 2. The van der Waals surface area contributed by atoms with E-state index in [1.807, 2.05) is 43.3 Å². The summed E-state index contributed by atoms with van der Waals surface area (Å²) in [7, 11) is -4.24. The lowest BCUT2D eigenvalue weighted by Crippen LogP contribution is -2.48. The Morgan fingerprint density at radius 1 is 1.27 bits per heavy atom. The molecule has 22 heavy (non-hydrogen) atoms. The van der Waals surface area contributed by atoms with E-state index in [9.17, 15) is 8.63 Å². The predicted molar refractivity (Wildman–Crippen MR) is 85.6 cm³/mol. The minimum absolute atomic E-state index is 0.116. The van der Waals surface area contributed by atoms with Gasteiger partial charge in [0, 0.05) is 16.8 Å². The van der Waals surface area contributed by atoms with Crippen LogP contribution < -0.4 is 0 Å². The van der Waals surface area contributed by atoms with Gasteiger partial charge in [-0.05, 0) is 23.3 Å². The fourth-order valence-electron chi connectivity index (χ4n) is 3.34. The van der Waals surface area contributed by atoms with E-state index in [1.165, 1.54) is 0 Å². The molecule has 2 nitrogen and oxygen atoms in total. The van der Waals surface area contributed by atoms with E-state index in [0.29, 0.717) is 18.0 Å². The first-order valence-electron chi connectivity index (χ1n) is 7.47. The number of fused-ring (bicyclic) bond motifs is 5. The number of ketones is 1. The van der Waals surface area contributed by atoms with Crippen molar-refractivity contribution in [1.29, 1.82) is 0 Å². The molecule has 0 saturated carbocycles. The van der Waals surface area contributed by atoms with Crippen LogP contribution in [0.25, 0.3) is 10.8 Å². The molecule has 2 aliphatic rings. The summed E-state index contributed by atoms with van der Waals surface area (Å²) in [5.41, 5.74) is 0.822. The molecule has 0 spiro atoms. The molecule has 0 fully saturated rings. The topological polar surface area (TPSA) is 20.5 Å². The Labute approximate surface area is 131 Å². The molecule has 0 bridgehead atoms. The van der Waals surface area contributed by atoms with Gasteiger partial charge in [0.1, 0.15) is 5.92 Å². The molecular weight excluding hydrogens is 305 g/mol.